The van der Waals surface area contributed by atoms with Crippen LogP contribution in [-0.4, -0.2) is 31.0 Å². The van der Waals surface area contributed by atoms with Crippen molar-refractivity contribution >= 4 is 11.6 Å². The summed E-state index contributed by atoms with van der Waals surface area (Å²) in [7, 11) is 1.93. The molecule has 4 heteroatoms. The number of carbonyl (C=O) groups excluding carboxylic acids is 1. The molecule has 0 unspecified atom stereocenters. The maximum Gasteiger partial charge on any atom is 0.238 e. The molecule has 0 aliphatic carbocycles. The zero-order chi connectivity index (χ0) is 17.5. The molecule has 0 spiro atoms. The van der Waals surface area contributed by atoms with E-state index >= 15 is 0 Å². The van der Waals surface area contributed by atoms with E-state index in [0.717, 1.165) is 17.0 Å². The lowest BCUT2D eigenvalue weighted by atomic mass is 10.1. The molecule has 0 radical (unpaired) electrons. The van der Waals surface area contributed by atoms with E-state index in [1.165, 1.54) is 11.1 Å². The highest BCUT2D eigenvalue weighted by Crippen LogP contribution is 2.19. The van der Waals surface area contributed by atoms with E-state index in [2.05, 4.69) is 12.2 Å². The molecule has 2 rings (SSSR count). The predicted molar refractivity (Wildman–Crippen MR) is 98.5 cm³/mol. The first-order chi connectivity index (χ1) is 11.5. The number of hydrogen-bond acceptors (Lipinski definition) is 3. The second-order valence-electron chi connectivity index (χ2n) is 6.06. The van der Waals surface area contributed by atoms with Crippen LogP contribution in [0.1, 0.15) is 23.6 Å². The van der Waals surface area contributed by atoms with Gasteiger partial charge < -0.3 is 10.1 Å². The molecule has 0 bridgehead atoms. The van der Waals surface area contributed by atoms with E-state index in [4.69, 9.17) is 4.74 Å². The number of likely N-dealkylation sites (N-methyl/N-ethyl adjacent to an activating group) is 1. The average molecular weight is 326 g/mol. The maximum absolute atomic E-state index is 12.2. The molecule has 0 saturated carbocycles. The Morgan fingerprint density at radius 2 is 1.88 bits per heavy atom. The third-order valence-electron chi connectivity index (χ3n) is 3.92. The number of rotatable bonds is 7. The van der Waals surface area contributed by atoms with Crippen LogP contribution in [0.4, 0.5) is 5.69 Å². The number of aryl methyl sites for hydroxylation is 2. The lowest BCUT2D eigenvalue weighted by Crippen LogP contribution is -2.30. The third-order valence-corrected chi connectivity index (χ3v) is 3.92. The minimum absolute atomic E-state index is 0.0188. The molecular formula is C20H26N2O2. The smallest absolute Gasteiger partial charge is 0.238 e. The number of nitrogens with one attached hydrogen (secondary N) is 1. The van der Waals surface area contributed by atoms with Crippen LogP contribution in [-0.2, 0) is 11.3 Å². The van der Waals surface area contributed by atoms with Gasteiger partial charge in [-0.2, -0.15) is 0 Å². The zero-order valence-electron chi connectivity index (χ0n) is 14.9. The van der Waals surface area contributed by atoms with Crippen molar-refractivity contribution in [2.24, 2.45) is 0 Å². The lowest BCUT2D eigenvalue weighted by molar-refractivity contribution is -0.117. The molecule has 1 N–H and O–H groups in total. The topological polar surface area (TPSA) is 41.6 Å². The van der Waals surface area contributed by atoms with Crippen LogP contribution in [0.15, 0.2) is 42.5 Å². The number of hydrogen-bond donors (Lipinski definition) is 1. The summed E-state index contributed by atoms with van der Waals surface area (Å²) < 4.78 is 5.64. The number of anilines is 1. The molecule has 0 saturated heterocycles. The van der Waals surface area contributed by atoms with Gasteiger partial charge in [0.1, 0.15) is 5.75 Å². The first kappa shape index (κ1) is 18.0. The summed E-state index contributed by atoms with van der Waals surface area (Å²) in [6.07, 6.45) is 0. The van der Waals surface area contributed by atoms with Gasteiger partial charge in [-0.25, -0.2) is 0 Å². The number of para-hydroxylation sites is 1. The molecule has 4 nitrogen and oxygen atoms in total. The van der Waals surface area contributed by atoms with Crippen molar-refractivity contribution in [3.8, 4) is 5.75 Å². The molecule has 1 amide bonds. The van der Waals surface area contributed by atoms with Gasteiger partial charge in [0.2, 0.25) is 5.91 Å². The van der Waals surface area contributed by atoms with Crippen molar-refractivity contribution < 1.29 is 9.53 Å². The summed E-state index contributed by atoms with van der Waals surface area (Å²) >= 11 is 0. The van der Waals surface area contributed by atoms with Crippen LogP contribution < -0.4 is 10.1 Å². The zero-order valence-corrected chi connectivity index (χ0v) is 14.9. The van der Waals surface area contributed by atoms with Crippen LogP contribution in [0.3, 0.4) is 0 Å². The van der Waals surface area contributed by atoms with Gasteiger partial charge in [0, 0.05) is 17.8 Å². The van der Waals surface area contributed by atoms with Gasteiger partial charge in [-0.3, -0.25) is 9.69 Å². The Hall–Kier alpha value is -2.33. The summed E-state index contributed by atoms with van der Waals surface area (Å²) in [6.45, 7) is 7.70. The van der Waals surface area contributed by atoms with Gasteiger partial charge in [0.25, 0.3) is 0 Å². The molecule has 0 aliphatic rings. The minimum atomic E-state index is -0.0188. The Balaban J connectivity index is 1.93. The molecule has 2 aromatic rings. The van der Waals surface area contributed by atoms with Crippen LogP contribution in [0.5, 0.6) is 5.75 Å². The van der Waals surface area contributed by atoms with Gasteiger partial charge in [-0.05, 0) is 57.1 Å². The van der Waals surface area contributed by atoms with E-state index in [9.17, 15) is 4.79 Å². The summed E-state index contributed by atoms with van der Waals surface area (Å²) in [6, 6.07) is 13.9. The van der Waals surface area contributed by atoms with Crippen molar-refractivity contribution in [2.75, 3.05) is 25.5 Å². The van der Waals surface area contributed by atoms with Gasteiger partial charge in [-0.1, -0.05) is 24.3 Å². The lowest BCUT2D eigenvalue weighted by Gasteiger charge is -2.18. The molecule has 0 fully saturated rings. The molecule has 24 heavy (non-hydrogen) atoms. The summed E-state index contributed by atoms with van der Waals surface area (Å²) in [5, 5.41) is 2.95. The minimum Gasteiger partial charge on any atom is -0.494 e. The van der Waals surface area contributed by atoms with E-state index in [-0.39, 0.29) is 5.91 Å². The number of benzene rings is 2. The van der Waals surface area contributed by atoms with Gasteiger partial charge in [0.05, 0.1) is 13.2 Å². The first-order valence-electron chi connectivity index (χ1n) is 8.26. The van der Waals surface area contributed by atoms with E-state index in [0.29, 0.717) is 19.7 Å². The highest BCUT2D eigenvalue weighted by molar-refractivity contribution is 5.92. The summed E-state index contributed by atoms with van der Waals surface area (Å²) in [5.41, 5.74) is 4.32. The molecule has 128 valence electrons. The molecule has 0 heterocycles. The van der Waals surface area contributed by atoms with Crippen LogP contribution in [0, 0.1) is 13.8 Å². The Kier molecular flexibility index (Phi) is 6.38. The van der Waals surface area contributed by atoms with Gasteiger partial charge in [0.15, 0.2) is 0 Å². The van der Waals surface area contributed by atoms with Crippen LogP contribution >= 0.6 is 0 Å². The highest BCUT2D eigenvalue weighted by atomic mass is 16.5. The summed E-state index contributed by atoms with van der Waals surface area (Å²) in [5.74, 6) is 0.857. The van der Waals surface area contributed by atoms with Crippen LogP contribution in [0.2, 0.25) is 0 Å². The van der Waals surface area contributed by atoms with Crippen LogP contribution in [0.25, 0.3) is 0 Å². The number of nitrogens with zero attached hydrogens (tertiary/aromatic N) is 1. The highest BCUT2D eigenvalue weighted by Gasteiger charge is 2.10. The fourth-order valence-corrected chi connectivity index (χ4v) is 2.54. The molecular weight excluding hydrogens is 300 g/mol. The van der Waals surface area contributed by atoms with Crippen molar-refractivity contribution in [3.05, 3.63) is 59.2 Å². The molecule has 0 atom stereocenters. The Labute approximate surface area is 144 Å². The monoisotopic (exact) mass is 326 g/mol. The average Bonchev–Trinajstić information content (AvgIpc) is 2.53. The largest absolute Gasteiger partial charge is 0.494 e. The van der Waals surface area contributed by atoms with Crippen molar-refractivity contribution in [1.29, 1.82) is 0 Å². The fraction of sp³-hybridized carbons (Fsp3) is 0.350. The van der Waals surface area contributed by atoms with Gasteiger partial charge >= 0.3 is 0 Å². The van der Waals surface area contributed by atoms with E-state index in [1.807, 2.05) is 68.3 Å². The van der Waals surface area contributed by atoms with Crippen molar-refractivity contribution in [2.45, 2.75) is 27.3 Å². The number of ether oxygens (including phenoxy) is 1. The summed E-state index contributed by atoms with van der Waals surface area (Å²) in [4.78, 5) is 14.2. The Bertz CT molecular complexity index is 698. The number of amides is 1. The van der Waals surface area contributed by atoms with Crippen molar-refractivity contribution in [1.82, 2.24) is 4.90 Å². The maximum atomic E-state index is 12.2. The quantitative estimate of drug-likeness (QED) is 0.842. The molecule has 0 aliphatic heterocycles. The SMILES string of the molecule is CCOc1ccccc1CN(C)CC(=O)Nc1ccc(C)c(C)c1. The fourth-order valence-electron chi connectivity index (χ4n) is 2.54. The van der Waals surface area contributed by atoms with E-state index in [1.54, 1.807) is 0 Å². The van der Waals surface area contributed by atoms with E-state index < -0.39 is 0 Å². The van der Waals surface area contributed by atoms with Crippen molar-refractivity contribution in [3.63, 3.8) is 0 Å². The third kappa shape index (κ3) is 5.10. The molecule has 2 aromatic carbocycles. The van der Waals surface area contributed by atoms with Gasteiger partial charge in [-0.15, -0.1) is 0 Å². The normalized spacial score (nSPS) is 10.7. The predicted octanol–water partition coefficient (Wildman–Crippen LogP) is 3.77. The Morgan fingerprint density at radius 3 is 2.58 bits per heavy atom. The standard InChI is InChI=1S/C20H26N2O2/c1-5-24-19-9-7-6-8-17(19)13-22(4)14-20(23)21-18-11-10-15(2)16(3)12-18/h6-12H,5,13-14H2,1-4H3,(H,21,23). The first-order valence-corrected chi connectivity index (χ1v) is 8.26. The molecule has 0 aromatic heterocycles. The Morgan fingerprint density at radius 1 is 1.12 bits per heavy atom. The number of carbonyl (C=O) groups is 1. The second-order valence-corrected chi connectivity index (χ2v) is 6.06. The second kappa shape index (κ2) is 8.50.